The van der Waals surface area contributed by atoms with Crippen molar-refractivity contribution in [3.8, 4) is 0 Å². The summed E-state index contributed by atoms with van der Waals surface area (Å²) in [7, 11) is 0. The van der Waals surface area contributed by atoms with Gasteiger partial charge < -0.3 is 4.90 Å². The maximum absolute atomic E-state index is 2.75. The Morgan fingerprint density at radius 1 is 0.850 bits per heavy atom. The molecule has 2 saturated heterocycles. The van der Waals surface area contributed by atoms with E-state index in [1.54, 1.807) is 0 Å². The molecule has 0 bridgehead atoms. The van der Waals surface area contributed by atoms with Crippen LogP contribution >= 0.6 is 0 Å². The quantitative estimate of drug-likeness (QED) is 0.774. The fraction of sp³-hybridized carbons (Fsp3) is 1.00. The molecule has 0 spiro atoms. The van der Waals surface area contributed by atoms with Gasteiger partial charge in [-0.05, 0) is 49.1 Å². The van der Waals surface area contributed by atoms with E-state index in [-0.39, 0.29) is 0 Å². The molecule has 2 aliphatic heterocycles. The second-order valence-corrected chi connectivity index (χ2v) is 9.65. The molecule has 0 aliphatic carbocycles. The summed E-state index contributed by atoms with van der Waals surface area (Å²) < 4.78 is 0. The van der Waals surface area contributed by atoms with Crippen molar-refractivity contribution in [3.63, 3.8) is 0 Å². The molecule has 118 valence electrons. The van der Waals surface area contributed by atoms with Gasteiger partial charge in [-0.15, -0.1) is 0 Å². The van der Waals surface area contributed by atoms with E-state index in [2.05, 4.69) is 51.3 Å². The van der Waals surface area contributed by atoms with Crippen LogP contribution in [0.1, 0.15) is 60.8 Å². The van der Waals surface area contributed by atoms with E-state index in [1.165, 1.54) is 52.0 Å². The molecule has 2 rings (SSSR count). The third-order valence-electron chi connectivity index (χ3n) is 4.66. The van der Waals surface area contributed by atoms with Crippen LogP contribution in [0.3, 0.4) is 0 Å². The second-order valence-electron chi connectivity index (χ2n) is 9.65. The van der Waals surface area contributed by atoms with Crippen molar-refractivity contribution in [2.75, 3.05) is 32.7 Å². The van der Waals surface area contributed by atoms with Gasteiger partial charge in [-0.3, -0.25) is 4.90 Å². The van der Waals surface area contributed by atoms with Crippen molar-refractivity contribution in [3.05, 3.63) is 0 Å². The van der Waals surface area contributed by atoms with Gasteiger partial charge in [0.2, 0.25) is 0 Å². The fourth-order valence-corrected chi connectivity index (χ4v) is 4.02. The van der Waals surface area contributed by atoms with E-state index in [1.807, 2.05) is 0 Å². The van der Waals surface area contributed by atoms with E-state index < -0.39 is 0 Å². The van der Waals surface area contributed by atoms with Gasteiger partial charge in [-0.25, -0.2) is 0 Å². The molecule has 0 unspecified atom stereocenters. The molecule has 2 fully saturated rings. The predicted molar refractivity (Wildman–Crippen MR) is 88.1 cm³/mol. The highest BCUT2D eigenvalue weighted by Crippen LogP contribution is 2.33. The third-order valence-corrected chi connectivity index (χ3v) is 4.66. The van der Waals surface area contributed by atoms with Gasteiger partial charge in [0.1, 0.15) is 0 Å². The molecule has 0 N–H and O–H groups in total. The standard InChI is InChI=1S/C18H36N2/c1-17(2,3)11-15-12-20(13-15)16-7-9-19(10-8-16)14-18(4,5)6/h15-16H,7-14H2,1-6H3. The zero-order valence-electron chi connectivity index (χ0n) is 14.7. The molecule has 0 aromatic carbocycles. The van der Waals surface area contributed by atoms with E-state index in [0.717, 1.165) is 12.0 Å². The SMILES string of the molecule is CC(C)(C)CC1CN(C2CCN(CC(C)(C)C)CC2)C1. The molecule has 0 amide bonds. The number of rotatable bonds is 3. The lowest BCUT2D eigenvalue weighted by molar-refractivity contribution is 0.000227. The van der Waals surface area contributed by atoms with Crippen molar-refractivity contribution >= 4 is 0 Å². The molecule has 0 atom stereocenters. The average molecular weight is 280 g/mol. The number of likely N-dealkylation sites (tertiary alicyclic amines) is 2. The molecule has 2 heteroatoms. The average Bonchev–Trinajstić information content (AvgIpc) is 2.21. The first-order chi connectivity index (χ1) is 9.12. The second kappa shape index (κ2) is 5.96. The monoisotopic (exact) mass is 280 g/mol. The topological polar surface area (TPSA) is 6.48 Å². The molecule has 20 heavy (non-hydrogen) atoms. The van der Waals surface area contributed by atoms with Crippen molar-refractivity contribution in [2.24, 2.45) is 16.7 Å². The first-order valence-corrected chi connectivity index (χ1v) is 8.59. The Morgan fingerprint density at radius 2 is 1.40 bits per heavy atom. The highest BCUT2D eigenvalue weighted by atomic mass is 15.2. The van der Waals surface area contributed by atoms with E-state index >= 15 is 0 Å². The zero-order chi connectivity index (χ0) is 15.0. The van der Waals surface area contributed by atoms with Crippen molar-refractivity contribution in [1.82, 2.24) is 9.80 Å². The molecule has 0 radical (unpaired) electrons. The van der Waals surface area contributed by atoms with E-state index in [4.69, 9.17) is 0 Å². The first-order valence-electron chi connectivity index (χ1n) is 8.59. The maximum Gasteiger partial charge on any atom is 0.0120 e. The number of nitrogens with zero attached hydrogens (tertiary/aromatic N) is 2. The summed E-state index contributed by atoms with van der Waals surface area (Å²) >= 11 is 0. The molecule has 0 saturated carbocycles. The molecule has 2 aliphatic rings. The highest BCUT2D eigenvalue weighted by molar-refractivity contribution is 4.90. The van der Waals surface area contributed by atoms with Crippen molar-refractivity contribution < 1.29 is 0 Å². The Hall–Kier alpha value is -0.0800. The van der Waals surface area contributed by atoms with Crippen LogP contribution in [0.25, 0.3) is 0 Å². The van der Waals surface area contributed by atoms with Gasteiger partial charge in [0.05, 0.1) is 0 Å². The molecule has 2 nitrogen and oxygen atoms in total. The van der Waals surface area contributed by atoms with Gasteiger partial charge in [-0.2, -0.15) is 0 Å². The van der Waals surface area contributed by atoms with Crippen molar-refractivity contribution in [1.29, 1.82) is 0 Å². The van der Waals surface area contributed by atoms with Crippen LogP contribution < -0.4 is 0 Å². The molecular weight excluding hydrogens is 244 g/mol. The predicted octanol–water partition coefficient (Wildman–Crippen LogP) is 3.86. The summed E-state index contributed by atoms with van der Waals surface area (Å²) in [5.41, 5.74) is 0.953. The maximum atomic E-state index is 2.75. The minimum atomic E-state index is 0.446. The molecular formula is C18H36N2. The van der Waals surface area contributed by atoms with Gasteiger partial charge >= 0.3 is 0 Å². The van der Waals surface area contributed by atoms with Crippen LogP contribution in [0.4, 0.5) is 0 Å². The summed E-state index contributed by atoms with van der Waals surface area (Å²) in [4.78, 5) is 5.42. The van der Waals surface area contributed by atoms with Crippen LogP contribution in [0.2, 0.25) is 0 Å². The summed E-state index contributed by atoms with van der Waals surface area (Å²) in [6, 6.07) is 0.877. The van der Waals surface area contributed by atoms with Gasteiger partial charge in [0.15, 0.2) is 0 Å². The first kappa shape index (κ1) is 16.3. The van der Waals surface area contributed by atoms with Crippen molar-refractivity contribution in [2.45, 2.75) is 66.8 Å². The summed E-state index contributed by atoms with van der Waals surface area (Å²) in [5, 5.41) is 0. The largest absolute Gasteiger partial charge is 0.303 e. The Labute approximate surface area is 126 Å². The van der Waals surface area contributed by atoms with Gasteiger partial charge in [0.25, 0.3) is 0 Å². The molecule has 0 aromatic heterocycles. The summed E-state index contributed by atoms with van der Waals surface area (Å²) in [5.74, 6) is 0.961. The summed E-state index contributed by atoms with van der Waals surface area (Å²) in [6.45, 7) is 20.8. The van der Waals surface area contributed by atoms with Gasteiger partial charge in [0, 0.05) is 25.7 Å². The van der Waals surface area contributed by atoms with Crippen LogP contribution in [0, 0.1) is 16.7 Å². The van der Waals surface area contributed by atoms with E-state index in [9.17, 15) is 0 Å². The molecule has 0 aromatic rings. The minimum absolute atomic E-state index is 0.446. The number of hydrogen-bond donors (Lipinski definition) is 0. The van der Waals surface area contributed by atoms with Crippen LogP contribution in [0.15, 0.2) is 0 Å². The Kier molecular flexibility index (Phi) is 4.86. The Morgan fingerprint density at radius 3 is 1.85 bits per heavy atom. The normalized spacial score (nSPS) is 24.9. The lowest BCUT2D eigenvalue weighted by Gasteiger charge is -2.49. The van der Waals surface area contributed by atoms with Gasteiger partial charge in [-0.1, -0.05) is 41.5 Å². The third kappa shape index (κ3) is 5.04. The lowest BCUT2D eigenvalue weighted by Crippen LogP contribution is -2.56. The zero-order valence-corrected chi connectivity index (χ0v) is 14.7. The molecule has 2 heterocycles. The Balaban J connectivity index is 1.66. The van der Waals surface area contributed by atoms with Crippen LogP contribution in [0.5, 0.6) is 0 Å². The number of piperidine rings is 1. The Bertz CT molecular complexity index is 296. The van der Waals surface area contributed by atoms with Crippen LogP contribution in [-0.2, 0) is 0 Å². The summed E-state index contributed by atoms with van der Waals surface area (Å²) in [6.07, 6.45) is 4.17. The van der Waals surface area contributed by atoms with Crippen LogP contribution in [-0.4, -0.2) is 48.6 Å². The smallest absolute Gasteiger partial charge is 0.0120 e. The fourth-order valence-electron chi connectivity index (χ4n) is 4.02. The van der Waals surface area contributed by atoms with E-state index in [0.29, 0.717) is 10.8 Å². The minimum Gasteiger partial charge on any atom is -0.303 e. The lowest BCUT2D eigenvalue weighted by atomic mass is 9.80. The number of hydrogen-bond acceptors (Lipinski definition) is 2. The highest BCUT2D eigenvalue weighted by Gasteiger charge is 2.35.